The highest BCUT2D eigenvalue weighted by atomic mass is 19.4. The molecular formula is C11H12F3NO3. The predicted octanol–water partition coefficient (Wildman–Crippen LogP) is 1.24. The molecule has 0 amide bonds. The van der Waals surface area contributed by atoms with E-state index in [1.54, 1.807) is 0 Å². The van der Waals surface area contributed by atoms with Crippen molar-refractivity contribution >= 4 is 5.97 Å². The van der Waals surface area contributed by atoms with Gasteiger partial charge in [0.25, 0.3) is 0 Å². The van der Waals surface area contributed by atoms with Crippen LogP contribution in [0.1, 0.15) is 12.0 Å². The van der Waals surface area contributed by atoms with Gasteiger partial charge in [-0.3, -0.25) is 4.79 Å². The molecule has 0 bridgehead atoms. The Morgan fingerprint density at radius 3 is 2.17 bits per heavy atom. The molecule has 1 aromatic carbocycles. The number of aliphatic hydroxyl groups is 1. The number of carbonyl (C=O) groups is 1. The standard InChI is InChI=1S/C11H12F3NO3/c12-11(13,14)10(18,6-8(15)9(16)17)7-4-2-1-3-5-7/h1-5,8,18H,6,15H2,(H,16,17)/t8-,10-/m0/s1. The minimum atomic E-state index is -5.01. The molecule has 0 aliphatic heterocycles. The Labute approximate surface area is 101 Å². The molecule has 0 spiro atoms. The Morgan fingerprint density at radius 1 is 1.28 bits per heavy atom. The second-order valence-electron chi connectivity index (χ2n) is 3.87. The molecule has 1 aromatic rings. The molecule has 0 heterocycles. The van der Waals surface area contributed by atoms with E-state index in [9.17, 15) is 23.1 Å². The van der Waals surface area contributed by atoms with E-state index in [0.29, 0.717) is 0 Å². The van der Waals surface area contributed by atoms with Crippen molar-refractivity contribution < 1.29 is 28.2 Å². The number of benzene rings is 1. The van der Waals surface area contributed by atoms with Gasteiger partial charge in [-0.2, -0.15) is 13.2 Å². The molecule has 0 saturated heterocycles. The first-order chi connectivity index (χ1) is 8.18. The summed E-state index contributed by atoms with van der Waals surface area (Å²) in [6.07, 6.45) is -6.16. The number of carboxylic acids is 1. The number of nitrogens with two attached hydrogens (primary N) is 1. The number of carboxylic acid groups (broad SMARTS) is 1. The smallest absolute Gasteiger partial charge is 0.421 e. The van der Waals surface area contributed by atoms with Crippen molar-refractivity contribution in [3.8, 4) is 0 Å². The van der Waals surface area contributed by atoms with E-state index in [1.807, 2.05) is 0 Å². The fraction of sp³-hybridized carbons (Fsp3) is 0.364. The van der Waals surface area contributed by atoms with Crippen LogP contribution in [0.15, 0.2) is 30.3 Å². The molecule has 0 unspecified atom stereocenters. The zero-order chi connectivity index (χ0) is 14.0. The first-order valence-electron chi connectivity index (χ1n) is 5.01. The van der Waals surface area contributed by atoms with E-state index >= 15 is 0 Å². The van der Waals surface area contributed by atoms with Crippen molar-refractivity contribution in [1.29, 1.82) is 0 Å². The number of rotatable bonds is 4. The summed E-state index contributed by atoms with van der Waals surface area (Å²) in [5.74, 6) is -1.60. The van der Waals surface area contributed by atoms with E-state index in [2.05, 4.69) is 0 Å². The topological polar surface area (TPSA) is 83.5 Å². The average Bonchev–Trinajstić information content (AvgIpc) is 2.28. The normalized spacial score (nSPS) is 16.9. The van der Waals surface area contributed by atoms with Gasteiger partial charge in [0.2, 0.25) is 0 Å². The lowest BCUT2D eigenvalue weighted by Gasteiger charge is -2.32. The van der Waals surface area contributed by atoms with Gasteiger partial charge in [-0.15, -0.1) is 0 Å². The Kier molecular flexibility index (Phi) is 3.98. The van der Waals surface area contributed by atoms with Crippen LogP contribution in [0.5, 0.6) is 0 Å². The van der Waals surface area contributed by atoms with Crippen molar-refractivity contribution in [2.75, 3.05) is 0 Å². The summed E-state index contributed by atoms with van der Waals surface area (Å²) < 4.78 is 38.7. The molecule has 0 fully saturated rings. The zero-order valence-corrected chi connectivity index (χ0v) is 9.19. The summed E-state index contributed by atoms with van der Waals surface area (Å²) >= 11 is 0. The van der Waals surface area contributed by atoms with E-state index < -0.39 is 35.8 Å². The molecule has 1 rings (SSSR count). The molecule has 0 radical (unpaired) electrons. The lowest BCUT2D eigenvalue weighted by atomic mass is 9.87. The van der Waals surface area contributed by atoms with Gasteiger partial charge in [0.05, 0.1) is 0 Å². The molecule has 4 nitrogen and oxygen atoms in total. The predicted molar refractivity (Wildman–Crippen MR) is 56.6 cm³/mol. The van der Waals surface area contributed by atoms with Crippen LogP contribution in [0.2, 0.25) is 0 Å². The number of hydrogen-bond acceptors (Lipinski definition) is 3. The van der Waals surface area contributed by atoms with Crippen LogP contribution in [0, 0.1) is 0 Å². The van der Waals surface area contributed by atoms with Gasteiger partial charge < -0.3 is 15.9 Å². The second-order valence-corrected chi connectivity index (χ2v) is 3.87. The quantitative estimate of drug-likeness (QED) is 0.763. The van der Waals surface area contributed by atoms with E-state index in [-0.39, 0.29) is 0 Å². The first kappa shape index (κ1) is 14.5. The van der Waals surface area contributed by atoms with Crippen LogP contribution < -0.4 is 5.73 Å². The van der Waals surface area contributed by atoms with Crippen LogP contribution in [-0.2, 0) is 10.4 Å². The summed E-state index contributed by atoms with van der Waals surface area (Å²) in [6.45, 7) is 0. The molecule has 0 aliphatic rings. The average molecular weight is 263 g/mol. The van der Waals surface area contributed by atoms with Gasteiger partial charge in [0, 0.05) is 6.42 Å². The van der Waals surface area contributed by atoms with E-state index in [0.717, 1.165) is 12.1 Å². The maximum Gasteiger partial charge on any atom is 0.421 e. The van der Waals surface area contributed by atoms with Gasteiger partial charge in [-0.25, -0.2) is 0 Å². The van der Waals surface area contributed by atoms with Gasteiger partial charge in [-0.1, -0.05) is 30.3 Å². The summed E-state index contributed by atoms with van der Waals surface area (Å²) in [5, 5.41) is 18.3. The second kappa shape index (κ2) is 4.95. The van der Waals surface area contributed by atoms with Gasteiger partial charge >= 0.3 is 12.1 Å². The number of halogens is 3. The molecule has 7 heteroatoms. The van der Waals surface area contributed by atoms with Crippen molar-refractivity contribution in [1.82, 2.24) is 0 Å². The number of aliphatic carboxylic acids is 1. The van der Waals surface area contributed by atoms with Crippen molar-refractivity contribution in [2.24, 2.45) is 5.73 Å². The molecule has 0 aromatic heterocycles. The van der Waals surface area contributed by atoms with E-state index in [4.69, 9.17) is 10.8 Å². The maximum absolute atomic E-state index is 12.9. The number of hydrogen-bond donors (Lipinski definition) is 3. The van der Waals surface area contributed by atoms with Gasteiger partial charge in [0.1, 0.15) is 6.04 Å². The fourth-order valence-electron chi connectivity index (χ4n) is 1.52. The largest absolute Gasteiger partial charge is 0.480 e. The van der Waals surface area contributed by atoms with Gasteiger partial charge in [0.15, 0.2) is 5.60 Å². The molecule has 0 saturated carbocycles. The summed E-state index contributed by atoms with van der Waals surface area (Å²) in [4.78, 5) is 10.5. The highest BCUT2D eigenvalue weighted by Crippen LogP contribution is 2.42. The Balaban J connectivity index is 3.16. The maximum atomic E-state index is 12.9. The van der Waals surface area contributed by atoms with E-state index in [1.165, 1.54) is 18.2 Å². The summed E-state index contributed by atoms with van der Waals surface area (Å²) in [6, 6.07) is 4.45. The highest BCUT2D eigenvalue weighted by molar-refractivity contribution is 5.73. The molecular weight excluding hydrogens is 251 g/mol. The summed E-state index contributed by atoms with van der Waals surface area (Å²) in [7, 11) is 0. The van der Waals surface area contributed by atoms with Crippen molar-refractivity contribution in [3.63, 3.8) is 0 Å². The number of alkyl halides is 3. The lowest BCUT2D eigenvalue weighted by Crippen LogP contribution is -2.48. The van der Waals surface area contributed by atoms with Crippen LogP contribution in [0.25, 0.3) is 0 Å². The fourth-order valence-corrected chi connectivity index (χ4v) is 1.52. The minimum Gasteiger partial charge on any atom is -0.480 e. The third kappa shape index (κ3) is 2.80. The Bertz CT molecular complexity index is 421. The minimum absolute atomic E-state index is 0.436. The van der Waals surface area contributed by atoms with Gasteiger partial charge in [-0.05, 0) is 5.56 Å². The molecule has 0 aliphatic carbocycles. The van der Waals surface area contributed by atoms with Crippen molar-refractivity contribution in [3.05, 3.63) is 35.9 Å². The van der Waals surface area contributed by atoms with Crippen molar-refractivity contribution in [2.45, 2.75) is 24.2 Å². The molecule has 2 atom stereocenters. The Hall–Kier alpha value is -1.60. The first-order valence-corrected chi connectivity index (χ1v) is 5.01. The third-order valence-corrected chi connectivity index (χ3v) is 2.55. The molecule has 4 N–H and O–H groups in total. The highest BCUT2D eigenvalue weighted by Gasteiger charge is 2.56. The zero-order valence-electron chi connectivity index (χ0n) is 9.19. The Morgan fingerprint density at radius 2 is 1.78 bits per heavy atom. The third-order valence-electron chi connectivity index (χ3n) is 2.55. The molecule has 18 heavy (non-hydrogen) atoms. The SMILES string of the molecule is N[C@@H](C[C@](O)(c1ccccc1)C(F)(F)F)C(=O)O. The monoisotopic (exact) mass is 263 g/mol. The van der Waals surface area contributed by atoms with Crippen LogP contribution in [0.3, 0.4) is 0 Å². The lowest BCUT2D eigenvalue weighted by molar-refractivity contribution is -0.270. The van der Waals surface area contributed by atoms with Crippen LogP contribution >= 0.6 is 0 Å². The van der Waals surface area contributed by atoms with Crippen LogP contribution in [-0.4, -0.2) is 28.4 Å². The molecule has 100 valence electrons. The summed E-state index contributed by atoms with van der Waals surface area (Å²) in [5.41, 5.74) is 1.37. The van der Waals surface area contributed by atoms with Crippen LogP contribution in [0.4, 0.5) is 13.2 Å².